The van der Waals surface area contributed by atoms with Crippen LogP contribution >= 0.6 is 23.6 Å². The summed E-state index contributed by atoms with van der Waals surface area (Å²) in [7, 11) is 0. The van der Waals surface area contributed by atoms with Gasteiger partial charge in [-0.25, -0.2) is 0 Å². The lowest BCUT2D eigenvalue weighted by molar-refractivity contribution is -0.144. The molecule has 42 heavy (non-hydrogen) atoms. The van der Waals surface area contributed by atoms with E-state index in [9.17, 15) is 52.7 Å². The van der Waals surface area contributed by atoms with Gasteiger partial charge in [-0.1, -0.05) is 18.2 Å². The summed E-state index contributed by atoms with van der Waals surface area (Å²) in [5.74, 6) is 0. The number of rotatable bonds is 3. The van der Waals surface area contributed by atoms with Gasteiger partial charge in [0.1, 0.15) is 0 Å². The third-order valence-corrected chi connectivity index (χ3v) is 7.72. The Bertz CT molecular complexity index is 1560. The molecule has 1 nitrogen and oxygen atoms in total. The van der Waals surface area contributed by atoms with E-state index in [1.54, 1.807) is 6.92 Å². The molecule has 0 aliphatic rings. The normalized spacial score (nSPS) is 13.1. The van der Waals surface area contributed by atoms with Gasteiger partial charge in [0, 0.05) is 21.7 Å². The molecule has 4 rings (SSSR count). The van der Waals surface area contributed by atoms with Gasteiger partial charge < -0.3 is 0 Å². The molecular formula is C27H15F12NS2. The van der Waals surface area contributed by atoms with Crippen molar-refractivity contribution in [3.63, 3.8) is 0 Å². The summed E-state index contributed by atoms with van der Waals surface area (Å²) in [6.45, 7) is 3.08. The Hall–Kier alpha value is -3.33. The molecule has 0 unspecified atom stereocenters. The number of thiazole rings is 1. The van der Waals surface area contributed by atoms with Crippen LogP contribution in [0.5, 0.6) is 0 Å². The second-order valence-electron chi connectivity index (χ2n) is 9.14. The van der Waals surface area contributed by atoms with Crippen molar-refractivity contribution in [1.82, 2.24) is 4.57 Å². The summed E-state index contributed by atoms with van der Waals surface area (Å²) in [4.78, 5) is 0.542. The molecule has 0 saturated carbocycles. The highest BCUT2D eigenvalue weighted by atomic mass is 32.1. The van der Waals surface area contributed by atoms with Crippen molar-refractivity contribution < 1.29 is 52.7 Å². The fourth-order valence-electron chi connectivity index (χ4n) is 4.27. The highest BCUT2D eigenvalue weighted by Crippen LogP contribution is 2.45. The van der Waals surface area contributed by atoms with Crippen molar-refractivity contribution in [3.05, 3.63) is 91.4 Å². The highest BCUT2D eigenvalue weighted by Gasteiger charge is 2.39. The van der Waals surface area contributed by atoms with Crippen molar-refractivity contribution >= 4 is 23.6 Å². The van der Waals surface area contributed by atoms with Gasteiger partial charge in [0.2, 0.25) is 0 Å². The summed E-state index contributed by atoms with van der Waals surface area (Å²) < 4.78 is 165. The number of alkyl halides is 12. The van der Waals surface area contributed by atoms with Crippen LogP contribution in [0.2, 0.25) is 0 Å². The quantitative estimate of drug-likeness (QED) is 0.159. The van der Waals surface area contributed by atoms with Crippen molar-refractivity contribution in [2.24, 2.45) is 0 Å². The number of aryl methyl sites for hydroxylation is 1. The molecule has 0 amide bonds. The molecule has 15 heteroatoms. The Morgan fingerprint density at radius 3 is 1.17 bits per heavy atom. The van der Waals surface area contributed by atoms with Gasteiger partial charge >= 0.3 is 24.7 Å². The molecule has 0 fully saturated rings. The zero-order chi connectivity index (χ0) is 31.6. The van der Waals surface area contributed by atoms with Gasteiger partial charge in [-0.05, 0) is 73.6 Å². The molecule has 0 radical (unpaired) electrons. The molecule has 0 spiro atoms. The van der Waals surface area contributed by atoms with Crippen LogP contribution in [0.25, 0.3) is 27.9 Å². The Balaban J connectivity index is 2.19. The number of para-hydroxylation sites is 1. The van der Waals surface area contributed by atoms with E-state index >= 15 is 0 Å². The predicted molar refractivity (Wildman–Crippen MR) is 135 cm³/mol. The molecule has 1 heterocycles. The number of halogens is 12. The first-order chi connectivity index (χ1) is 19.1. The van der Waals surface area contributed by atoms with E-state index in [1.165, 1.54) is 11.5 Å². The number of benzene rings is 3. The van der Waals surface area contributed by atoms with E-state index in [2.05, 4.69) is 0 Å². The van der Waals surface area contributed by atoms with Crippen LogP contribution in [0.15, 0.2) is 54.6 Å². The van der Waals surface area contributed by atoms with Crippen LogP contribution in [-0.4, -0.2) is 4.57 Å². The Morgan fingerprint density at radius 2 is 0.905 bits per heavy atom. The summed E-state index contributed by atoms with van der Waals surface area (Å²) >= 11 is 6.35. The molecular weight excluding hydrogens is 630 g/mol. The summed E-state index contributed by atoms with van der Waals surface area (Å²) in [5.41, 5.74) is -8.57. The van der Waals surface area contributed by atoms with Crippen molar-refractivity contribution in [2.45, 2.75) is 38.6 Å². The molecule has 0 N–H and O–H groups in total. The lowest BCUT2D eigenvalue weighted by Gasteiger charge is -2.21. The van der Waals surface area contributed by atoms with Gasteiger partial charge in [0.05, 0.1) is 27.9 Å². The average Bonchev–Trinajstić information content (AvgIpc) is 3.11. The van der Waals surface area contributed by atoms with Crippen LogP contribution in [0.1, 0.15) is 32.8 Å². The molecule has 0 aliphatic heterocycles. The van der Waals surface area contributed by atoms with Crippen LogP contribution in [0.4, 0.5) is 52.7 Å². The fourth-order valence-corrected chi connectivity index (χ4v) is 5.70. The smallest absolute Gasteiger partial charge is 0.295 e. The van der Waals surface area contributed by atoms with Crippen molar-refractivity contribution in [1.29, 1.82) is 0 Å². The van der Waals surface area contributed by atoms with E-state index in [1.807, 2.05) is 0 Å². The zero-order valence-corrected chi connectivity index (χ0v) is 22.6. The maximum atomic E-state index is 13.7. The molecule has 0 bridgehead atoms. The number of hydrogen-bond acceptors (Lipinski definition) is 2. The minimum Gasteiger partial charge on any atom is -0.295 e. The Kier molecular flexibility index (Phi) is 7.85. The number of aromatic nitrogens is 1. The maximum Gasteiger partial charge on any atom is 0.416 e. The molecule has 0 saturated heterocycles. The van der Waals surface area contributed by atoms with E-state index in [-0.39, 0.29) is 32.9 Å². The fraction of sp³-hybridized carbons (Fsp3) is 0.222. The SMILES string of the molecule is Cc1sc(=S)n(-c2c(-c3cc(C(F)(F)F)cc(C(F)(F)F)c3)cccc2-c2cc(C(F)(F)F)cc(C(F)(F)F)c2)c1C. The average molecular weight is 646 g/mol. The summed E-state index contributed by atoms with van der Waals surface area (Å²) in [5, 5.41) is 0. The van der Waals surface area contributed by atoms with Crippen molar-refractivity contribution in [3.8, 4) is 27.9 Å². The van der Waals surface area contributed by atoms with Gasteiger partial charge in [-0.15, -0.1) is 11.3 Å². The third-order valence-electron chi connectivity index (χ3n) is 6.32. The van der Waals surface area contributed by atoms with Gasteiger partial charge in [0.25, 0.3) is 0 Å². The van der Waals surface area contributed by atoms with Crippen molar-refractivity contribution in [2.75, 3.05) is 0 Å². The first-order valence-corrected chi connectivity index (χ1v) is 12.7. The first-order valence-electron chi connectivity index (χ1n) is 11.5. The van der Waals surface area contributed by atoms with E-state index in [0.29, 0.717) is 34.8 Å². The third kappa shape index (κ3) is 6.21. The Morgan fingerprint density at radius 1 is 0.571 bits per heavy atom. The standard InChI is InChI=1S/C27H15F12NS2/c1-12-13(2)42-23(41)40(12)22-20(14-6-16(24(28,29)30)10-17(7-14)25(31,32)33)4-3-5-21(22)15-8-18(26(34,35)36)11-19(9-15)27(37,38)39/h3-11H,1-2H3. The minimum absolute atomic E-state index is 0.00439. The summed E-state index contributed by atoms with van der Waals surface area (Å²) in [6.07, 6.45) is -20.9. The second kappa shape index (κ2) is 10.4. The number of hydrogen-bond donors (Lipinski definition) is 0. The van der Waals surface area contributed by atoms with Gasteiger partial charge in [0.15, 0.2) is 3.95 Å². The summed E-state index contributed by atoms with van der Waals surface area (Å²) in [6, 6.07) is 4.82. The van der Waals surface area contributed by atoms with Crippen LogP contribution in [-0.2, 0) is 24.7 Å². The molecule has 0 atom stereocenters. The molecule has 3 aromatic carbocycles. The molecule has 1 aromatic heterocycles. The minimum atomic E-state index is -5.22. The highest BCUT2D eigenvalue weighted by molar-refractivity contribution is 7.73. The van der Waals surface area contributed by atoms with Crippen LogP contribution in [0, 0.1) is 17.8 Å². The zero-order valence-electron chi connectivity index (χ0n) is 21.0. The molecule has 0 aliphatic carbocycles. The largest absolute Gasteiger partial charge is 0.416 e. The number of nitrogens with zero attached hydrogens (tertiary/aromatic N) is 1. The van der Waals surface area contributed by atoms with Gasteiger partial charge in [-0.3, -0.25) is 4.57 Å². The lowest BCUT2D eigenvalue weighted by atomic mass is 9.91. The first kappa shape index (κ1) is 31.6. The monoisotopic (exact) mass is 645 g/mol. The predicted octanol–water partition coefficient (Wildman–Crippen LogP) is 11.3. The van der Waals surface area contributed by atoms with E-state index in [0.717, 1.165) is 29.5 Å². The Labute approximate surface area is 238 Å². The topological polar surface area (TPSA) is 4.93 Å². The lowest BCUT2D eigenvalue weighted by Crippen LogP contribution is -2.12. The maximum absolute atomic E-state index is 13.7. The van der Waals surface area contributed by atoms with E-state index in [4.69, 9.17) is 12.2 Å². The van der Waals surface area contributed by atoms with Crippen LogP contribution < -0.4 is 0 Å². The second-order valence-corrected chi connectivity index (χ2v) is 11.0. The molecule has 4 aromatic rings. The molecule has 224 valence electrons. The van der Waals surface area contributed by atoms with E-state index < -0.39 is 58.1 Å². The van der Waals surface area contributed by atoms with Crippen LogP contribution in [0.3, 0.4) is 0 Å². The van der Waals surface area contributed by atoms with Gasteiger partial charge in [-0.2, -0.15) is 52.7 Å².